The second-order valence-electron chi connectivity index (χ2n) is 3.23. The number of aliphatic hydroxyl groups is 1. The molecule has 0 heterocycles. The molecule has 2 amide bonds. The quantitative estimate of drug-likeness (QED) is 0.309. The summed E-state index contributed by atoms with van der Waals surface area (Å²) in [5.74, 6) is -1.13. The van der Waals surface area contributed by atoms with Crippen molar-refractivity contribution < 1.29 is 14.7 Å². The van der Waals surface area contributed by atoms with Crippen molar-refractivity contribution in [2.75, 3.05) is 20.1 Å². The third-order valence-electron chi connectivity index (χ3n) is 1.71. The van der Waals surface area contributed by atoms with Gasteiger partial charge < -0.3 is 27.2 Å². The Kier molecular flexibility index (Phi) is 6.59. The van der Waals surface area contributed by atoms with Crippen LogP contribution >= 0.6 is 0 Å². The minimum Gasteiger partial charge on any atom is -0.390 e. The number of nitrogens with two attached hydrogens (primary N) is 2. The molecule has 7 N–H and O–H groups in total. The Morgan fingerprint density at radius 2 is 2.00 bits per heavy atom. The zero-order chi connectivity index (χ0) is 11.8. The fraction of sp³-hybridized carbons (Fsp3) is 0.750. The van der Waals surface area contributed by atoms with E-state index in [2.05, 4.69) is 10.6 Å². The Morgan fingerprint density at radius 3 is 2.47 bits per heavy atom. The fourth-order valence-corrected chi connectivity index (χ4v) is 0.967. The van der Waals surface area contributed by atoms with E-state index in [4.69, 9.17) is 11.5 Å². The number of carbonyl (C=O) groups excluding carboxylic acids is 2. The summed E-state index contributed by atoms with van der Waals surface area (Å²) in [6.45, 7) is 0.456. The SMILES string of the molecule is CNCC(O)CNC(=O)[C@@H](N)CC(N)=O. The first-order chi connectivity index (χ1) is 6.97. The van der Waals surface area contributed by atoms with Crippen LogP contribution in [-0.2, 0) is 9.59 Å². The van der Waals surface area contributed by atoms with Crippen molar-refractivity contribution in [1.82, 2.24) is 10.6 Å². The molecule has 0 aromatic rings. The van der Waals surface area contributed by atoms with Gasteiger partial charge in [-0.1, -0.05) is 0 Å². The van der Waals surface area contributed by atoms with Gasteiger partial charge in [0.2, 0.25) is 11.8 Å². The standard InChI is InChI=1S/C8H18N4O3/c1-11-3-5(13)4-12-8(15)6(9)2-7(10)14/h5-6,11,13H,2-4,9H2,1H3,(H2,10,14)(H,12,15)/t5?,6-/m0/s1. The number of hydrogen-bond acceptors (Lipinski definition) is 5. The summed E-state index contributed by atoms with van der Waals surface area (Å²) in [6.07, 6.45) is -0.881. The average Bonchev–Trinajstić information content (AvgIpc) is 2.13. The van der Waals surface area contributed by atoms with E-state index in [9.17, 15) is 14.7 Å². The smallest absolute Gasteiger partial charge is 0.237 e. The van der Waals surface area contributed by atoms with Crippen molar-refractivity contribution in [3.8, 4) is 0 Å². The van der Waals surface area contributed by atoms with Gasteiger partial charge in [0.25, 0.3) is 0 Å². The predicted molar refractivity (Wildman–Crippen MR) is 54.7 cm³/mol. The molecule has 0 spiro atoms. The summed E-state index contributed by atoms with van der Waals surface area (Å²) in [5, 5.41) is 14.4. The largest absolute Gasteiger partial charge is 0.390 e. The highest BCUT2D eigenvalue weighted by Crippen LogP contribution is 1.87. The molecule has 7 heteroatoms. The number of likely N-dealkylation sites (N-methyl/N-ethyl adjacent to an activating group) is 1. The van der Waals surface area contributed by atoms with Gasteiger partial charge in [-0.05, 0) is 7.05 Å². The molecule has 88 valence electrons. The molecule has 2 atom stereocenters. The van der Waals surface area contributed by atoms with E-state index in [1.165, 1.54) is 0 Å². The lowest BCUT2D eigenvalue weighted by atomic mass is 10.2. The first-order valence-electron chi connectivity index (χ1n) is 4.61. The number of hydrogen-bond donors (Lipinski definition) is 5. The lowest BCUT2D eigenvalue weighted by Crippen LogP contribution is -2.46. The van der Waals surface area contributed by atoms with Crippen LogP contribution in [0.1, 0.15) is 6.42 Å². The van der Waals surface area contributed by atoms with E-state index in [-0.39, 0.29) is 13.0 Å². The summed E-state index contributed by atoms with van der Waals surface area (Å²) in [6, 6.07) is -0.954. The third kappa shape index (κ3) is 6.83. The van der Waals surface area contributed by atoms with Gasteiger partial charge in [-0.3, -0.25) is 9.59 Å². The molecule has 0 aromatic carbocycles. The van der Waals surface area contributed by atoms with Crippen LogP contribution in [0.25, 0.3) is 0 Å². The maximum Gasteiger partial charge on any atom is 0.237 e. The van der Waals surface area contributed by atoms with Gasteiger partial charge in [0.1, 0.15) is 0 Å². The van der Waals surface area contributed by atoms with Gasteiger partial charge in [0.15, 0.2) is 0 Å². The first kappa shape index (κ1) is 13.8. The van der Waals surface area contributed by atoms with Crippen LogP contribution in [-0.4, -0.2) is 49.2 Å². The van der Waals surface area contributed by atoms with Crippen molar-refractivity contribution in [1.29, 1.82) is 0 Å². The van der Waals surface area contributed by atoms with Crippen LogP contribution in [0.4, 0.5) is 0 Å². The van der Waals surface area contributed by atoms with Crippen molar-refractivity contribution in [2.24, 2.45) is 11.5 Å². The maximum atomic E-state index is 11.2. The Labute approximate surface area is 88.2 Å². The van der Waals surface area contributed by atoms with E-state index < -0.39 is 24.0 Å². The fourth-order valence-electron chi connectivity index (χ4n) is 0.967. The van der Waals surface area contributed by atoms with E-state index >= 15 is 0 Å². The average molecular weight is 218 g/mol. The molecule has 0 aliphatic carbocycles. The Morgan fingerprint density at radius 1 is 1.40 bits per heavy atom. The molecular weight excluding hydrogens is 200 g/mol. The highest BCUT2D eigenvalue weighted by atomic mass is 16.3. The molecule has 0 aromatic heterocycles. The van der Waals surface area contributed by atoms with Crippen LogP contribution in [0.3, 0.4) is 0 Å². The number of rotatable bonds is 7. The van der Waals surface area contributed by atoms with Gasteiger partial charge in [0.05, 0.1) is 18.6 Å². The van der Waals surface area contributed by atoms with Crippen molar-refractivity contribution >= 4 is 11.8 Å². The summed E-state index contributed by atoms with van der Waals surface area (Å²) in [7, 11) is 1.68. The number of aliphatic hydroxyl groups excluding tert-OH is 1. The second-order valence-corrected chi connectivity index (χ2v) is 3.23. The minimum absolute atomic E-state index is 0.0894. The predicted octanol–water partition coefficient (Wildman–Crippen LogP) is -3.11. The zero-order valence-corrected chi connectivity index (χ0v) is 8.69. The maximum absolute atomic E-state index is 11.2. The molecule has 7 nitrogen and oxygen atoms in total. The van der Waals surface area contributed by atoms with Gasteiger partial charge in [-0.15, -0.1) is 0 Å². The lowest BCUT2D eigenvalue weighted by Gasteiger charge is -2.13. The number of primary amides is 1. The third-order valence-corrected chi connectivity index (χ3v) is 1.71. The molecule has 0 rings (SSSR count). The summed E-state index contributed by atoms with van der Waals surface area (Å²) >= 11 is 0. The van der Waals surface area contributed by atoms with Gasteiger partial charge >= 0.3 is 0 Å². The van der Waals surface area contributed by atoms with E-state index in [1.807, 2.05) is 0 Å². The lowest BCUT2D eigenvalue weighted by molar-refractivity contribution is -0.126. The monoisotopic (exact) mass is 218 g/mol. The van der Waals surface area contributed by atoms with Gasteiger partial charge in [0, 0.05) is 13.1 Å². The Balaban J connectivity index is 3.77. The van der Waals surface area contributed by atoms with Crippen molar-refractivity contribution in [3.05, 3.63) is 0 Å². The normalized spacial score (nSPS) is 14.3. The molecule has 0 saturated heterocycles. The van der Waals surface area contributed by atoms with E-state index in [0.717, 1.165) is 0 Å². The summed E-state index contributed by atoms with van der Waals surface area (Å²) in [4.78, 5) is 21.7. The van der Waals surface area contributed by atoms with Crippen molar-refractivity contribution in [3.63, 3.8) is 0 Å². The Bertz CT molecular complexity index is 222. The molecule has 0 aliphatic rings. The summed E-state index contributed by atoms with van der Waals surface area (Å²) in [5.41, 5.74) is 10.2. The molecule has 15 heavy (non-hydrogen) atoms. The molecular formula is C8H18N4O3. The van der Waals surface area contributed by atoms with Crippen LogP contribution in [0, 0.1) is 0 Å². The topological polar surface area (TPSA) is 130 Å². The second kappa shape index (κ2) is 7.16. The van der Waals surface area contributed by atoms with E-state index in [1.54, 1.807) is 7.05 Å². The first-order valence-corrected chi connectivity index (χ1v) is 4.61. The molecule has 0 radical (unpaired) electrons. The van der Waals surface area contributed by atoms with Crippen LogP contribution in [0.5, 0.6) is 0 Å². The minimum atomic E-state index is -0.954. The van der Waals surface area contributed by atoms with Gasteiger partial charge in [-0.2, -0.15) is 0 Å². The van der Waals surface area contributed by atoms with E-state index in [0.29, 0.717) is 6.54 Å². The highest BCUT2D eigenvalue weighted by molar-refractivity contribution is 5.87. The highest BCUT2D eigenvalue weighted by Gasteiger charge is 2.16. The molecule has 0 aliphatic heterocycles. The van der Waals surface area contributed by atoms with Crippen molar-refractivity contribution in [2.45, 2.75) is 18.6 Å². The van der Waals surface area contributed by atoms with Crippen LogP contribution < -0.4 is 22.1 Å². The molecule has 0 bridgehead atoms. The van der Waals surface area contributed by atoms with Crippen LogP contribution in [0.2, 0.25) is 0 Å². The Hall–Kier alpha value is -1.18. The zero-order valence-electron chi connectivity index (χ0n) is 8.69. The molecule has 0 saturated carbocycles. The number of carbonyl (C=O) groups is 2. The van der Waals surface area contributed by atoms with Gasteiger partial charge in [-0.25, -0.2) is 0 Å². The molecule has 1 unspecified atom stereocenters. The number of amides is 2. The summed E-state index contributed by atoms with van der Waals surface area (Å²) < 4.78 is 0. The number of nitrogens with one attached hydrogen (secondary N) is 2. The van der Waals surface area contributed by atoms with Crippen LogP contribution in [0.15, 0.2) is 0 Å². The molecule has 0 fully saturated rings.